The second-order valence-electron chi connectivity index (χ2n) is 5.06. The normalized spacial score (nSPS) is 12.1. The van der Waals surface area contributed by atoms with Crippen LogP contribution < -0.4 is 16.6 Å². The van der Waals surface area contributed by atoms with Crippen molar-refractivity contribution in [3.63, 3.8) is 0 Å². The zero-order valence-electron chi connectivity index (χ0n) is 11.8. The van der Waals surface area contributed by atoms with Crippen LogP contribution in [0.4, 0.5) is 11.4 Å². The third kappa shape index (κ3) is 3.92. The van der Waals surface area contributed by atoms with E-state index in [9.17, 15) is 14.9 Å². The van der Waals surface area contributed by atoms with Crippen molar-refractivity contribution >= 4 is 17.3 Å². The lowest BCUT2D eigenvalue weighted by Gasteiger charge is -2.16. The first-order valence-corrected chi connectivity index (χ1v) is 6.40. The Hall–Kier alpha value is -2.15. The van der Waals surface area contributed by atoms with Crippen molar-refractivity contribution < 1.29 is 9.72 Å². The number of carbonyl (C=O) groups is 1. The van der Waals surface area contributed by atoms with Crippen molar-refractivity contribution in [2.45, 2.75) is 20.8 Å². The first-order valence-electron chi connectivity index (χ1n) is 6.40. The maximum Gasteiger partial charge on any atom is 0.282 e. The van der Waals surface area contributed by atoms with Crippen molar-refractivity contribution in [3.8, 4) is 0 Å². The van der Waals surface area contributed by atoms with Crippen LogP contribution in [0, 0.1) is 22.0 Å². The lowest BCUT2D eigenvalue weighted by Crippen LogP contribution is -2.30. The smallest absolute Gasteiger partial charge is 0.282 e. The van der Waals surface area contributed by atoms with Crippen LogP contribution in [0.2, 0.25) is 0 Å². The summed E-state index contributed by atoms with van der Waals surface area (Å²) in [5.41, 5.74) is 2.58. The number of benzene rings is 1. The minimum absolute atomic E-state index is 0.00130. The molecule has 0 spiro atoms. The third-order valence-corrected chi connectivity index (χ3v) is 3.33. The molecule has 0 aliphatic carbocycles. The van der Waals surface area contributed by atoms with Crippen molar-refractivity contribution in [2.24, 2.45) is 17.7 Å². The first-order chi connectivity index (χ1) is 9.36. The van der Waals surface area contributed by atoms with E-state index >= 15 is 0 Å². The zero-order chi connectivity index (χ0) is 15.3. The Morgan fingerprint density at radius 3 is 2.55 bits per heavy atom. The SMILES string of the molecule is CC(C)C(C)CNC(=O)c1cc(NN)ccc1[N+](=O)[O-]. The van der Waals surface area contributed by atoms with Crippen LogP contribution >= 0.6 is 0 Å². The van der Waals surface area contributed by atoms with E-state index in [2.05, 4.69) is 24.6 Å². The summed E-state index contributed by atoms with van der Waals surface area (Å²) >= 11 is 0. The van der Waals surface area contributed by atoms with Gasteiger partial charge < -0.3 is 10.7 Å². The molecule has 0 heterocycles. The predicted octanol–water partition coefficient (Wildman–Crippen LogP) is 1.90. The summed E-state index contributed by atoms with van der Waals surface area (Å²) in [6, 6.07) is 4.08. The number of anilines is 1. The van der Waals surface area contributed by atoms with Gasteiger partial charge in [-0.05, 0) is 24.0 Å². The van der Waals surface area contributed by atoms with Crippen LogP contribution in [0.1, 0.15) is 31.1 Å². The predicted molar refractivity (Wildman–Crippen MR) is 77.2 cm³/mol. The second-order valence-corrected chi connectivity index (χ2v) is 5.06. The highest BCUT2D eigenvalue weighted by Crippen LogP contribution is 2.22. The molecule has 0 saturated heterocycles. The molecule has 1 rings (SSSR count). The summed E-state index contributed by atoms with van der Waals surface area (Å²) in [5.74, 6) is 5.49. The molecular weight excluding hydrogens is 260 g/mol. The van der Waals surface area contributed by atoms with Crippen LogP contribution in [-0.2, 0) is 0 Å². The molecule has 20 heavy (non-hydrogen) atoms. The van der Waals surface area contributed by atoms with E-state index < -0.39 is 10.8 Å². The van der Waals surface area contributed by atoms with E-state index in [1.54, 1.807) is 0 Å². The van der Waals surface area contributed by atoms with E-state index in [4.69, 9.17) is 5.84 Å². The van der Waals surface area contributed by atoms with Gasteiger partial charge in [-0.25, -0.2) is 0 Å². The van der Waals surface area contributed by atoms with Gasteiger partial charge in [0, 0.05) is 18.3 Å². The van der Waals surface area contributed by atoms with Gasteiger partial charge in [-0.15, -0.1) is 0 Å². The van der Waals surface area contributed by atoms with E-state index in [1.807, 2.05) is 6.92 Å². The van der Waals surface area contributed by atoms with Crippen LogP contribution in [0.3, 0.4) is 0 Å². The van der Waals surface area contributed by atoms with Crippen molar-refractivity contribution in [3.05, 3.63) is 33.9 Å². The maximum absolute atomic E-state index is 12.1. The minimum atomic E-state index is -0.582. The molecule has 1 aromatic rings. The average Bonchev–Trinajstić information content (AvgIpc) is 2.43. The Balaban J connectivity index is 2.93. The fourth-order valence-electron chi connectivity index (χ4n) is 1.55. The van der Waals surface area contributed by atoms with Crippen LogP contribution in [0.5, 0.6) is 0 Å². The molecule has 0 saturated carbocycles. The number of hydrazine groups is 1. The van der Waals surface area contributed by atoms with Crippen molar-refractivity contribution in [2.75, 3.05) is 12.0 Å². The number of amides is 1. The molecule has 110 valence electrons. The van der Waals surface area contributed by atoms with Gasteiger partial charge in [-0.1, -0.05) is 20.8 Å². The molecule has 0 aliphatic heterocycles. The number of nitro benzene ring substituents is 1. The molecule has 4 N–H and O–H groups in total. The number of nitrogens with one attached hydrogen (secondary N) is 2. The Kier molecular flexibility index (Phi) is 5.45. The Labute approximate surface area is 117 Å². The second kappa shape index (κ2) is 6.85. The summed E-state index contributed by atoms with van der Waals surface area (Å²) in [4.78, 5) is 22.4. The molecule has 1 unspecified atom stereocenters. The number of hydrogen-bond acceptors (Lipinski definition) is 5. The molecule has 1 aromatic carbocycles. The van der Waals surface area contributed by atoms with Crippen molar-refractivity contribution in [1.29, 1.82) is 0 Å². The Morgan fingerprint density at radius 2 is 2.05 bits per heavy atom. The fraction of sp³-hybridized carbons (Fsp3) is 0.462. The molecule has 1 atom stereocenters. The summed E-state index contributed by atoms with van der Waals surface area (Å²) in [5, 5.41) is 13.7. The van der Waals surface area contributed by atoms with Gasteiger partial charge >= 0.3 is 0 Å². The van der Waals surface area contributed by atoms with Crippen LogP contribution in [0.15, 0.2) is 18.2 Å². The van der Waals surface area contributed by atoms with Gasteiger partial charge in [-0.3, -0.25) is 20.8 Å². The highest BCUT2D eigenvalue weighted by atomic mass is 16.6. The standard InChI is InChI=1S/C13H20N4O3/c1-8(2)9(3)7-15-13(18)11-6-10(16-14)4-5-12(11)17(19)20/h4-6,8-9,16H,7,14H2,1-3H3,(H,15,18). The van der Waals surface area contributed by atoms with Gasteiger partial charge in [0.1, 0.15) is 5.56 Å². The fourth-order valence-corrected chi connectivity index (χ4v) is 1.55. The molecule has 0 fully saturated rings. The van der Waals surface area contributed by atoms with Crippen LogP contribution in [0.25, 0.3) is 0 Å². The quantitative estimate of drug-likeness (QED) is 0.419. The topological polar surface area (TPSA) is 110 Å². The number of carbonyl (C=O) groups excluding carboxylic acids is 1. The van der Waals surface area contributed by atoms with Gasteiger partial charge in [0.25, 0.3) is 11.6 Å². The number of nitrogen functional groups attached to an aromatic ring is 1. The summed E-state index contributed by atoms with van der Waals surface area (Å²) in [6.45, 7) is 6.58. The van der Waals surface area contributed by atoms with Crippen molar-refractivity contribution in [1.82, 2.24) is 5.32 Å². The third-order valence-electron chi connectivity index (χ3n) is 3.33. The lowest BCUT2D eigenvalue weighted by atomic mass is 9.98. The number of nitro groups is 1. The molecular formula is C13H20N4O3. The Morgan fingerprint density at radius 1 is 1.40 bits per heavy atom. The maximum atomic E-state index is 12.1. The van der Waals surface area contributed by atoms with E-state index in [-0.39, 0.29) is 17.2 Å². The average molecular weight is 280 g/mol. The highest BCUT2D eigenvalue weighted by molar-refractivity contribution is 5.99. The van der Waals surface area contributed by atoms with Gasteiger partial charge in [-0.2, -0.15) is 0 Å². The summed E-state index contributed by atoms with van der Waals surface area (Å²) in [6.07, 6.45) is 0. The van der Waals surface area contributed by atoms with Gasteiger partial charge in [0.2, 0.25) is 0 Å². The molecule has 0 aliphatic rings. The van der Waals surface area contributed by atoms with E-state index in [1.165, 1.54) is 18.2 Å². The Bertz CT molecular complexity index is 502. The zero-order valence-corrected chi connectivity index (χ0v) is 11.8. The van der Waals surface area contributed by atoms with E-state index in [0.717, 1.165) is 0 Å². The molecule has 1 amide bonds. The molecule has 7 heteroatoms. The largest absolute Gasteiger partial charge is 0.352 e. The molecule has 0 radical (unpaired) electrons. The highest BCUT2D eigenvalue weighted by Gasteiger charge is 2.21. The number of nitrogens with two attached hydrogens (primary N) is 1. The van der Waals surface area contributed by atoms with Crippen LogP contribution in [-0.4, -0.2) is 17.4 Å². The first kappa shape index (κ1) is 15.9. The molecule has 0 aromatic heterocycles. The monoisotopic (exact) mass is 280 g/mol. The lowest BCUT2D eigenvalue weighted by molar-refractivity contribution is -0.385. The van der Waals surface area contributed by atoms with Gasteiger partial charge in [0.05, 0.1) is 4.92 Å². The molecule has 0 bridgehead atoms. The van der Waals surface area contributed by atoms with E-state index in [0.29, 0.717) is 18.2 Å². The summed E-state index contributed by atoms with van der Waals surface area (Å²) < 4.78 is 0. The molecule has 7 nitrogen and oxygen atoms in total. The van der Waals surface area contributed by atoms with Gasteiger partial charge in [0.15, 0.2) is 0 Å². The minimum Gasteiger partial charge on any atom is -0.352 e. The number of hydrogen-bond donors (Lipinski definition) is 3. The number of rotatable bonds is 6. The summed E-state index contributed by atoms with van der Waals surface area (Å²) in [7, 11) is 0. The number of nitrogens with zero attached hydrogens (tertiary/aromatic N) is 1.